The Morgan fingerprint density at radius 1 is 1.07 bits per heavy atom. The number of hydrogen-bond acceptors (Lipinski definition) is 5. The number of carbonyl (C=O) groups is 1. The average Bonchev–Trinajstić information content (AvgIpc) is 3.60. The van der Waals surface area contributed by atoms with Gasteiger partial charge in [0, 0.05) is 6.42 Å². The molecule has 2 aromatic carbocycles. The van der Waals surface area contributed by atoms with Gasteiger partial charge in [0.15, 0.2) is 11.5 Å². The molecule has 2 aromatic rings. The lowest BCUT2D eigenvalue weighted by atomic mass is 9.90. The first-order chi connectivity index (χ1) is 14.2. The molecule has 1 amide bonds. The van der Waals surface area contributed by atoms with E-state index < -0.39 is 0 Å². The van der Waals surface area contributed by atoms with Crippen LogP contribution in [0.4, 0.5) is 0 Å². The number of benzene rings is 2. The van der Waals surface area contributed by atoms with Crippen molar-refractivity contribution in [2.24, 2.45) is 5.92 Å². The van der Waals surface area contributed by atoms with Crippen molar-refractivity contribution in [3.63, 3.8) is 0 Å². The lowest BCUT2D eigenvalue weighted by Gasteiger charge is -2.22. The van der Waals surface area contributed by atoms with Crippen molar-refractivity contribution in [3.8, 4) is 23.0 Å². The van der Waals surface area contributed by atoms with Crippen LogP contribution in [-0.2, 0) is 4.79 Å². The first-order valence-corrected chi connectivity index (χ1v) is 10.2. The van der Waals surface area contributed by atoms with Crippen LogP contribution >= 0.6 is 0 Å². The largest absolute Gasteiger partial charge is 0.497 e. The first kappa shape index (κ1) is 19.4. The van der Waals surface area contributed by atoms with E-state index in [2.05, 4.69) is 11.4 Å². The fourth-order valence-corrected chi connectivity index (χ4v) is 3.65. The normalized spacial score (nSPS) is 16.0. The number of fused-ring (bicyclic) bond motifs is 1. The van der Waals surface area contributed by atoms with Crippen molar-refractivity contribution < 1.29 is 23.7 Å². The summed E-state index contributed by atoms with van der Waals surface area (Å²) < 4.78 is 22.1. The molecule has 1 unspecified atom stereocenters. The number of hydrogen-bond donors (Lipinski definition) is 1. The summed E-state index contributed by atoms with van der Waals surface area (Å²) in [6.45, 7) is 2.05. The molecule has 0 radical (unpaired) electrons. The van der Waals surface area contributed by atoms with Gasteiger partial charge in [-0.2, -0.15) is 0 Å². The molecule has 4 rings (SSSR count). The van der Waals surface area contributed by atoms with Crippen molar-refractivity contribution in [2.75, 3.05) is 33.5 Å². The summed E-state index contributed by atoms with van der Waals surface area (Å²) in [4.78, 5) is 12.5. The Morgan fingerprint density at radius 3 is 2.52 bits per heavy atom. The van der Waals surface area contributed by atoms with Gasteiger partial charge in [-0.05, 0) is 66.6 Å². The Morgan fingerprint density at radius 2 is 1.79 bits per heavy atom. The predicted octanol–water partition coefficient (Wildman–Crippen LogP) is 3.55. The fourth-order valence-electron chi connectivity index (χ4n) is 3.65. The lowest BCUT2D eigenvalue weighted by Crippen LogP contribution is -2.29. The highest BCUT2D eigenvalue weighted by molar-refractivity contribution is 5.77. The Balaban J connectivity index is 1.27. The number of methoxy groups -OCH3 is 1. The molecule has 6 nitrogen and oxygen atoms in total. The van der Waals surface area contributed by atoms with Gasteiger partial charge in [-0.1, -0.05) is 6.07 Å². The third-order valence-corrected chi connectivity index (χ3v) is 5.34. The van der Waals surface area contributed by atoms with E-state index in [9.17, 15) is 4.79 Å². The van der Waals surface area contributed by atoms with Crippen molar-refractivity contribution in [3.05, 3.63) is 48.0 Å². The van der Waals surface area contributed by atoms with Gasteiger partial charge < -0.3 is 24.3 Å². The standard InChI is InChI=1S/C23H27NO5/c1-26-18-5-7-19(8-6-18)27-11-10-24-23(25)15-20(16-2-3-16)17-4-9-21-22(14-17)29-13-12-28-21/h4-9,14,16,20H,2-3,10-13,15H2,1H3,(H,24,25). The van der Waals surface area contributed by atoms with Crippen LogP contribution in [0.3, 0.4) is 0 Å². The summed E-state index contributed by atoms with van der Waals surface area (Å²) >= 11 is 0. The number of amides is 1. The molecule has 0 bridgehead atoms. The molecule has 0 aromatic heterocycles. The summed E-state index contributed by atoms with van der Waals surface area (Å²) in [5.41, 5.74) is 1.15. The van der Waals surface area contributed by atoms with Gasteiger partial charge in [0.25, 0.3) is 0 Å². The molecule has 1 heterocycles. The second kappa shape index (κ2) is 9.07. The highest BCUT2D eigenvalue weighted by Gasteiger charge is 2.34. The van der Waals surface area contributed by atoms with E-state index in [1.807, 2.05) is 36.4 Å². The monoisotopic (exact) mass is 397 g/mol. The minimum Gasteiger partial charge on any atom is -0.497 e. The first-order valence-electron chi connectivity index (χ1n) is 10.2. The molecule has 1 N–H and O–H groups in total. The molecule has 2 aliphatic rings. The van der Waals surface area contributed by atoms with E-state index in [1.54, 1.807) is 7.11 Å². The summed E-state index contributed by atoms with van der Waals surface area (Å²) in [7, 11) is 1.63. The molecule has 1 aliphatic carbocycles. The Labute approximate surface area is 171 Å². The third kappa shape index (κ3) is 5.13. The van der Waals surface area contributed by atoms with E-state index in [-0.39, 0.29) is 11.8 Å². The van der Waals surface area contributed by atoms with Crippen LogP contribution in [0.5, 0.6) is 23.0 Å². The summed E-state index contributed by atoms with van der Waals surface area (Å²) in [6.07, 6.45) is 2.83. The zero-order valence-electron chi connectivity index (χ0n) is 16.7. The lowest BCUT2D eigenvalue weighted by molar-refractivity contribution is -0.121. The minimum atomic E-state index is 0.0510. The second-order valence-corrected chi connectivity index (χ2v) is 7.43. The maximum absolute atomic E-state index is 12.5. The zero-order chi connectivity index (χ0) is 20.1. The smallest absolute Gasteiger partial charge is 0.220 e. The highest BCUT2D eigenvalue weighted by Crippen LogP contribution is 2.46. The Hall–Kier alpha value is -2.89. The van der Waals surface area contributed by atoms with Gasteiger partial charge in [-0.3, -0.25) is 4.79 Å². The summed E-state index contributed by atoms with van der Waals surface area (Å²) in [6, 6.07) is 13.5. The van der Waals surface area contributed by atoms with Crippen molar-refractivity contribution in [1.29, 1.82) is 0 Å². The van der Waals surface area contributed by atoms with Crippen LogP contribution in [0.25, 0.3) is 0 Å². The topological polar surface area (TPSA) is 66.0 Å². The molecule has 1 fully saturated rings. The highest BCUT2D eigenvalue weighted by atomic mass is 16.6. The van der Waals surface area contributed by atoms with Crippen LogP contribution in [0, 0.1) is 5.92 Å². The second-order valence-electron chi connectivity index (χ2n) is 7.43. The Kier molecular flexibility index (Phi) is 6.08. The number of ether oxygens (including phenoxy) is 4. The third-order valence-electron chi connectivity index (χ3n) is 5.34. The molecular formula is C23H27NO5. The molecule has 1 aliphatic heterocycles. The zero-order valence-corrected chi connectivity index (χ0v) is 16.7. The number of rotatable bonds is 9. The van der Waals surface area contributed by atoms with Crippen molar-refractivity contribution in [1.82, 2.24) is 5.32 Å². The molecule has 0 spiro atoms. The van der Waals surface area contributed by atoms with E-state index in [4.69, 9.17) is 18.9 Å². The maximum atomic E-state index is 12.5. The van der Waals surface area contributed by atoms with E-state index in [0.29, 0.717) is 38.7 Å². The van der Waals surface area contributed by atoms with Gasteiger partial charge >= 0.3 is 0 Å². The molecule has 1 atom stereocenters. The van der Waals surface area contributed by atoms with Crippen LogP contribution < -0.4 is 24.3 Å². The molecule has 1 saturated carbocycles. The van der Waals surface area contributed by atoms with E-state index in [0.717, 1.165) is 28.6 Å². The molecule has 6 heteroatoms. The summed E-state index contributed by atoms with van der Waals surface area (Å²) in [5.74, 6) is 3.95. The Bertz CT molecular complexity index is 832. The van der Waals surface area contributed by atoms with Gasteiger partial charge in [-0.15, -0.1) is 0 Å². The molecular weight excluding hydrogens is 370 g/mol. The van der Waals surface area contributed by atoms with Gasteiger partial charge in [0.1, 0.15) is 31.3 Å². The maximum Gasteiger partial charge on any atom is 0.220 e. The molecule has 29 heavy (non-hydrogen) atoms. The predicted molar refractivity (Wildman–Crippen MR) is 109 cm³/mol. The van der Waals surface area contributed by atoms with Crippen molar-refractivity contribution >= 4 is 5.91 Å². The van der Waals surface area contributed by atoms with Gasteiger partial charge in [0.2, 0.25) is 5.91 Å². The molecule has 0 saturated heterocycles. The van der Waals surface area contributed by atoms with Crippen LogP contribution in [-0.4, -0.2) is 39.4 Å². The number of carbonyl (C=O) groups excluding carboxylic acids is 1. The summed E-state index contributed by atoms with van der Waals surface area (Å²) in [5, 5.41) is 2.98. The average molecular weight is 397 g/mol. The molecule has 154 valence electrons. The van der Waals surface area contributed by atoms with Gasteiger partial charge in [0.05, 0.1) is 13.7 Å². The van der Waals surface area contributed by atoms with Gasteiger partial charge in [-0.25, -0.2) is 0 Å². The fraction of sp³-hybridized carbons (Fsp3) is 0.435. The quantitative estimate of drug-likeness (QED) is 0.656. The van der Waals surface area contributed by atoms with E-state index in [1.165, 1.54) is 12.8 Å². The van der Waals surface area contributed by atoms with Crippen LogP contribution in [0.15, 0.2) is 42.5 Å². The van der Waals surface area contributed by atoms with Crippen LogP contribution in [0.1, 0.15) is 30.7 Å². The van der Waals surface area contributed by atoms with Crippen LogP contribution in [0.2, 0.25) is 0 Å². The minimum absolute atomic E-state index is 0.0510. The van der Waals surface area contributed by atoms with Crippen molar-refractivity contribution in [2.45, 2.75) is 25.2 Å². The SMILES string of the molecule is COc1ccc(OCCNC(=O)CC(c2ccc3c(c2)OCCO3)C2CC2)cc1. The number of nitrogens with one attached hydrogen (secondary N) is 1. The van der Waals surface area contributed by atoms with E-state index >= 15 is 0 Å².